The van der Waals surface area contributed by atoms with Crippen molar-refractivity contribution in [2.24, 2.45) is 0 Å². The zero-order valence-corrected chi connectivity index (χ0v) is 11.4. The maximum atomic E-state index is 5.19. The smallest absolute Gasteiger partial charge is 0.246 e. The average Bonchev–Trinajstić information content (AvgIpc) is 3.00. The maximum Gasteiger partial charge on any atom is 0.246 e. The number of aryl methyl sites for hydroxylation is 1. The lowest BCUT2D eigenvalue weighted by atomic mass is 9.78. The van der Waals surface area contributed by atoms with Crippen LogP contribution in [-0.4, -0.2) is 32.8 Å². The fraction of sp³-hybridized carbons (Fsp3) is 0.615. The average molecular weight is 261 g/mol. The minimum Gasteiger partial charge on any atom is -0.337 e. The third kappa shape index (κ3) is 2.40. The van der Waals surface area contributed by atoms with Gasteiger partial charge in [-0.1, -0.05) is 12.1 Å². The second kappa shape index (κ2) is 4.77. The molecule has 1 aliphatic heterocycles. The summed E-state index contributed by atoms with van der Waals surface area (Å²) in [5.74, 6) is 1.30. The first-order valence-electron chi connectivity index (χ1n) is 6.68. The van der Waals surface area contributed by atoms with Crippen molar-refractivity contribution in [3.8, 4) is 0 Å². The Bertz CT molecular complexity index is 553. The third-order valence-corrected chi connectivity index (χ3v) is 3.91. The second-order valence-corrected chi connectivity index (χ2v) is 5.45. The Hall–Kier alpha value is -1.69. The van der Waals surface area contributed by atoms with Gasteiger partial charge in [-0.05, 0) is 32.9 Å². The van der Waals surface area contributed by atoms with E-state index in [1.807, 2.05) is 19.4 Å². The molecule has 3 rings (SSSR count). The summed E-state index contributed by atoms with van der Waals surface area (Å²) < 4.78 is 7.31. The van der Waals surface area contributed by atoms with Gasteiger partial charge in [0.15, 0.2) is 5.82 Å². The van der Waals surface area contributed by atoms with Gasteiger partial charge in [0.2, 0.25) is 5.89 Å². The highest BCUT2D eigenvalue weighted by Crippen LogP contribution is 2.32. The van der Waals surface area contributed by atoms with Crippen LogP contribution in [0, 0.1) is 6.92 Å². The molecular formula is C13H19N5O. The minimum absolute atomic E-state index is 0.177. The molecule has 1 N–H and O–H groups in total. The third-order valence-electron chi connectivity index (χ3n) is 3.91. The van der Waals surface area contributed by atoms with E-state index in [0.717, 1.165) is 25.9 Å². The van der Waals surface area contributed by atoms with Crippen LogP contribution in [0.2, 0.25) is 0 Å². The molecule has 0 amide bonds. The van der Waals surface area contributed by atoms with Gasteiger partial charge in [0.25, 0.3) is 0 Å². The summed E-state index contributed by atoms with van der Waals surface area (Å²) in [4.78, 5) is 8.55. The lowest BCUT2D eigenvalue weighted by Gasteiger charge is -2.34. The number of nitrogens with zero attached hydrogens (tertiary/aromatic N) is 4. The Morgan fingerprint density at radius 2 is 2.21 bits per heavy atom. The normalized spacial score (nSPS) is 18.6. The van der Waals surface area contributed by atoms with Gasteiger partial charge in [0.1, 0.15) is 6.54 Å². The van der Waals surface area contributed by atoms with Crippen LogP contribution in [0.3, 0.4) is 0 Å². The number of nitrogens with one attached hydrogen (secondary N) is 1. The second-order valence-electron chi connectivity index (χ2n) is 5.45. The Labute approximate surface area is 112 Å². The van der Waals surface area contributed by atoms with Gasteiger partial charge in [-0.25, -0.2) is 4.98 Å². The van der Waals surface area contributed by atoms with E-state index in [1.54, 1.807) is 0 Å². The van der Waals surface area contributed by atoms with E-state index in [9.17, 15) is 0 Å². The van der Waals surface area contributed by atoms with Gasteiger partial charge < -0.3 is 14.4 Å². The monoisotopic (exact) mass is 261 g/mol. The number of hydrogen-bond acceptors (Lipinski definition) is 5. The summed E-state index contributed by atoms with van der Waals surface area (Å²) in [5, 5.41) is 7.23. The van der Waals surface area contributed by atoms with Crippen LogP contribution in [0.25, 0.3) is 0 Å². The molecular weight excluding hydrogens is 242 g/mol. The molecule has 0 radical (unpaired) electrons. The van der Waals surface area contributed by atoms with Crippen LogP contribution >= 0.6 is 0 Å². The summed E-state index contributed by atoms with van der Waals surface area (Å²) in [6.07, 6.45) is 6.07. The molecule has 2 aromatic heterocycles. The molecule has 102 valence electrons. The van der Waals surface area contributed by atoms with Crippen molar-refractivity contribution in [3.05, 3.63) is 29.9 Å². The lowest BCUT2D eigenvalue weighted by molar-refractivity contribution is 0.311. The maximum absolute atomic E-state index is 5.19. The fourth-order valence-electron chi connectivity index (χ4n) is 2.73. The molecule has 6 nitrogen and oxygen atoms in total. The number of rotatable bonds is 3. The molecule has 0 unspecified atom stereocenters. The predicted molar refractivity (Wildman–Crippen MR) is 69.8 cm³/mol. The molecule has 0 aromatic carbocycles. The summed E-state index contributed by atoms with van der Waals surface area (Å²) in [6, 6.07) is 0. The van der Waals surface area contributed by atoms with E-state index in [2.05, 4.69) is 31.9 Å². The predicted octanol–water partition coefficient (Wildman–Crippen LogP) is 1.26. The lowest BCUT2D eigenvalue weighted by Crippen LogP contribution is -2.39. The van der Waals surface area contributed by atoms with Crippen molar-refractivity contribution in [1.29, 1.82) is 0 Å². The molecule has 2 aromatic rings. The standard InChI is InChI=1S/C13H19N5O/c1-10-16-12(19-17-10)8-18-9-15-7-11(18)13(2)3-5-14-6-4-13/h7,9,14H,3-6,8H2,1-2H3. The van der Waals surface area contributed by atoms with Crippen molar-refractivity contribution in [1.82, 2.24) is 25.0 Å². The Morgan fingerprint density at radius 1 is 1.42 bits per heavy atom. The number of imidazole rings is 1. The summed E-state index contributed by atoms with van der Waals surface area (Å²) >= 11 is 0. The van der Waals surface area contributed by atoms with Crippen LogP contribution in [-0.2, 0) is 12.0 Å². The molecule has 0 bridgehead atoms. The van der Waals surface area contributed by atoms with Crippen LogP contribution in [0.5, 0.6) is 0 Å². The molecule has 0 atom stereocenters. The summed E-state index contributed by atoms with van der Waals surface area (Å²) in [7, 11) is 0. The summed E-state index contributed by atoms with van der Waals surface area (Å²) in [5.41, 5.74) is 1.43. The molecule has 1 saturated heterocycles. The molecule has 6 heteroatoms. The highest BCUT2D eigenvalue weighted by Gasteiger charge is 2.31. The molecule has 0 aliphatic carbocycles. The van der Waals surface area contributed by atoms with E-state index < -0.39 is 0 Å². The Morgan fingerprint density at radius 3 is 2.89 bits per heavy atom. The topological polar surface area (TPSA) is 68.8 Å². The van der Waals surface area contributed by atoms with E-state index in [1.165, 1.54) is 5.69 Å². The first-order valence-corrected chi connectivity index (χ1v) is 6.68. The first-order chi connectivity index (χ1) is 9.17. The molecule has 0 saturated carbocycles. The van der Waals surface area contributed by atoms with E-state index in [4.69, 9.17) is 4.52 Å². The largest absolute Gasteiger partial charge is 0.337 e. The SMILES string of the molecule is Cc1noc(Cn2cncc2C2(C)CCNCC2)n1. The Balaban J connectivity index is 1.85. The highest BCUT2D eigenvalue weighted by molar-refractivity contribution is 5.16. The molecule has 1 fully saturated rings. The van der Waals surface area contributed by atoms with Crippen molar-refractivity contribution >= 4 is 0 Å². The highest BCUT2D eigenvalue weighted by atomic mass is 16.5. The number of aromatic nitrogens is 4. The zero-order chi connectivity index (χ0) is 13.3. The van der Waals surface area contributed by atoms with Gasteiger partial charge in [0, 0.05) is 17.3 Å². The van der Waals surface area contributed by atoms with Crippen LogP contribution in [0.1, 0.15) is 37.2 Å². The van der Waals surface area contributed by atoms with Crippen molar-refractivity contribution in [2.45, 2.75) is 38.6 Å². The zero-order valence-electron chi connectivity index (χ0n) is 11.4. The first kappa shape index (κ1) is 12.3. The minimum atomic E-state index is 0.177. The molecule has 1 aliphatic rings. The summed E-state index contributed by atoms with van der Waals surface area (Å²) in [6.45, 7) is 6.85. The van der Waals surface area contributed by atoms with E-state index >= 15 is 0 Å². The Kier molecular flexibility index (Phi) is 3.10. The van der Waals surface area contributed by atoms with Gasteiger partial charge in [-0.2, -0.15) is 4.98 Å². The van der Waals surface area contributed by atoms with E-state index in [-0.39, 0.29) is 5.41 Å². The van der Waals surface area contributed by atoms with Gasteiger partial charge in [0.05, 0.1) is 6.33 Å². The van der Waals surface area contributed by atoms with Crippen molar-refractivity contribution in [3.63, 3.8) is 0 Å². The van der Waals surface area contributed by atoms with Crippen molar-refractivity contribution < 1.29 is 4.52 Å². The van der Waals surface area contributed by atoms with Gasteiger partial charge >= 0.3 is 0 Å². The van der Waals surface area contributed by atoms with Gasteiger partial charge in [-0.15, -0.1) is 0 Å². The fourth-order valence-corrected chi connectivity index (χ4v) is 2.73. The molecule has 19 heavy (non-hydrogen) atoms. The van der Waals surface area contributed by atoms with Crippen molar-refractivity contribution in [2.75, 3.05) is 13.1 Å². The van der Waals surface area contributed by atoms with Crippen LogP contribution < -0.4 is 5.32 Å². The molecule has 0 spiro atoms. The van der Waals surface area contributed by atoms with Crippen LogP contribution in [0.4, 0.5) is 0 Å². The van der Waals surface area contributed by atoms with Gasteiger partial charge in [-0.3, -0.25) is 0 Å². The number of hydrogen-bond donors (Lipinski definition) is 1. The number of piperidine rings is 1. The van der Waals surface area contributed by atoms with E-state index in [0.29, 0.717) is 18.3 Å². The van der Waals surface area contributed by atoms with Crippen LogP contribution in [0.15, 0.2) is 17.0 Å². The quantitative estimate of drug-likeness (QED) is 0.901. The molecule has 3 heterocycles.